The second-order valence-electron chi connectivity index (χ2n) is 2.57. The summed E-state index contributed by atoms with van der Waals surface area (Å²) in [5, 5.41) is 7.89. The summed E-state index contributed by atoms with van der Waals surface area (Å²) >= 11 is 0. The van der Waals surface area contributed by atoms with Crippen LogP contribution in [-0.4, -0.2) is 5.21 Å². The van der Waals surface area contributed by atoms with Gasteiger partial charge in [0.05, 0.1) is 0 Å². The van der Waals surface area contributed by atoms with Gasteiger partial charge in [-0.15, -0.1) is 4.91 Å². The van der Waals surface area contributed by atoms with Crippen molar-refractivity contribution in [1.29, 1.82) is 0 Å². The predicted molar refractivity (Wildman–Crippen MR) is 42.3 cm³/mol. The Labute approximate surface area is 62.1 Å². The number of hydrogen-bond acceptors (Lipinski definition) is 3. The molecular formula is C6H18N2O2. The number of hydrogen-bond donors (Lipinski definition) is 2. The van der Waals surface area contributed by atoms with Crippen LogP contribution >= 0.6 is 0 Å². The van der Waals surface area contributed by atoms with Gasteiger partial charge in [0.25, 0.3) is 0 Å². The molecule has 0 aliphatic carbocycles. The number of nitrogens with zero attached hydrogens (tertiary/aromatic N) is 1. The molecule has 0 atom stereocenters. The molecule has 4 N–H and O–H groups in total. The zero-order valence-corrected chi connectivity index (χ0v) is 7.16. The maximum Gasteiger partial charge on any atom is 0.152 e. The Bertz CT molecular complexity index is 58.8. The second kappa shape index (κ2) is 11.2. The van der Waals surface area contributed by atoms with Crippen molar-refractivity contribution in [2.75, 3.05) is 0 Å². The van der Waals surface area contributed by atoms with Gasteiger partial charge in [0.1, 0.15) is 0 Å². The van der Waals surface area contributed by atoms with Gasteiger partial charge in [-0.05, 0) is 11.8 Å². The Morgan fingerprint density at radius 1 is 1.10 bits per heavy atom. The van der Waals surface area contributed by atoms with Gasteiger partial charge >= 0.3 is 0 Å². The lowest BCUT2D eigenvalue weighted by Crippen LogP contribution is -1.95. The van der Waals surface area contributed by atoms with Gasteiger partial charge in [-0.2, -0.15) is 0 Å². The predicted octanol–water partition coefficient (Wildman–Crippen LogP) is 2.60. The van der Waals surface area contributed by atoms with Crippen molar-refractivity contribution in [2.24, 2.45) is 17.2 Å². The van der Waals surface area contributed by atoms with E-state index in [0.29, 0.717) is 0 Å². The van der Waals surface area contributed by atoms with Crippen molar-refractivity contribution in [3.8, 4) is 0 Å². The first-order chi connectivity index (χ1) is 4.06. The lowest BCUT2D eigenvalue weighted by molar-refractivity contribution is 0.312. The average molecular weight is 150 g/mol. The van der Waals surface area contributed by atoms with Gasteiger partial charge in [0.15, 0.2) is 5.34 Å². The largest absolute Gasteiger partial charge is 0.379 e. The molecule has 0 unspecified atom stereocenters. The molecule has 0 radical (unpaired) electrons. The average Bonchev–Trinajstić information content (AvgIpc) is 1.68. The zero-order valence-electron chi connectivity index (χ0n) is 7.16. The molecule has 0 rings (SSSR count). The minimum atomic E-state index is 0. The highest BCUT2D eigenvalue weighted by atomic mass is 16.6. The monoisotopic (exact) mass is 150 g/mol. The van der Waals surface area contributed by atoms with Gasteiger partial charge in [0.2, 0.25) is 0 Å². The summed E-state index contributed by atoms with van der Waals surface area (Å²) in [7, 11) is 0. The van der Waals surface area contributed by atoms with Gasteiger partial charge in [-0.3, -0.25) is 0 Å². The molecule has 0 saturated carbocycles. The summed E-state index contributed by atoms with van der Waals surface area (Å²) in [5.41, 5.74) is 0. The summed E-state index contributed by atoms with van der Waals surface area (Å²) in [6, 6.07) is 0. The molecule has 0 heterocycles. The molecule has 4 heteroatoms. The van der Waals surface area contributed by atoms with E-state index >= 15 is 0 Å². The van der Waals surface area contributed by atoms with Crippen LogP contribution in [0.5, 0.6) is 0 Å². The van der Waals surface area contributed by atoms with Crippen molar-refractivity contribution in [3.05, 3.63) is 4.91 Å². The summed E-state index contributed by atoms with van der Waals surface area (Å²) in [4.78, 5) is 8.11. The third kappa shape index (κ3) is 26.4. The maximum atomic E-state index is 8.11. The fraction of sp³-hybridized carbons (Fsp3) is 1.00. The molecule has 0 saturated heterocycles. The Balaban J connectivity index is -0.000000107. The van der Waals surface area contributed by atoms with Crippen LogP contribution in [0.2, 0.25) is 0 Å². The van der Waals surface area contributed by atoms with E-state index in [1.807, 2.05) is 0 Å². The van der Waals surface area contributed by atoms with E-state index in [9.17, 15) is 0 Å². The highest BCUT2D eigenvalue weighted by Gasteiger charge is 1.95. The van der Waals surface area contributed by atoms with Crippen molar-refractivity contribution in [1.82, 2.24) is 6.15 Å². The number of rotatable bonds is 1. The third-order valence-electron chi connectivity index (χ3n) is 1.33. The van der Waals surface area contributed by atoms with Crippen LogP contribution in [0.15, 0.2) is 5.34 Å². The van der Waals surface area contributed by atoms with E-state index < -0.39 is 0 Å². The maximum absolute atomic E-state index is 8.11. The van der Waals surface area contributed by atoms with E-state index in [1.54, 1.807) is 0 Å². The lowest BCUT2D eigenvalue weighted by Gasteiger charge is -2.05. The molecular weight excluding hydrogens is 132 g/mol. The van der Waals surface area contributed by atoms with E-state index in [-0.39, 0.29) is 6.15 Å². The SMILES string of the molecule is CC(C)C(C)C.N.O=NO. The second-order valence-corrected chi connectivity index (χ2v) is 2.57. The van der Waals surface area contributed by atoms with Crippen molar-refractivity contribution in [2.45, 2.75) is 27.7 Å². The minimum absolute atomic E-state index is 0. The van der Waals surface area contributed by atoms with Crippen molar-refractivity contribution in [3.63, 3.8) is 0 Å². The van der Waals surface area contributed by atoms with E-state index in [2.05, 4.69) is 27.7 Å². The van der Waals surface area contributed by atoms with E-state index in [0.717, 1.165) is 11.8 Å². The summed E-state index contributed by atoms with van der Waals surface area (Å²) in [6.45, 7) is 8.96. The molecule has 0 spiro atoms. The van der Waals surface area contributed by atoms with Crippen LogP contribution in [0.3, 0.4) is 0 Å². The van der Waals surface area contributed by atoms with Crippen LogP contribution in [0, 0.1) is 16.7 Å². The van der Waals surface area contributed by atoms with Gasteiger partial charge in [-0.1, -0.05) is 27.7 Å². The van der Waals surface area contributed by atoms with Crippen molar-refractivity contribution < 1.29 is 5.21 Å². The molecule has 64 valence electrons. The van der Waals surface area contributed by atoms with E-state index in [4.69, 9.17) is 10.1 Å². The van der Waals surface area contributed by atoms with Crippen LogP contribution in [-0.2, 0) is 0 Å². The highest BCUT2D eigenvalue weighted by Crippen LogP contribution is 2.05. The topological polar surface area (TPSA) is 84.7 Å². The van der Waals surface area contributed by atoms with Crippen LogP contribution in [0.1, 0.15) is 27.7 Å². The smallest absolute Gasteiger partial charge is 0.152 e. The molecule has 0 aromatic rings. The Kier molecular flexibility index (Phi) is 18.1. The standard InChI is InChI=1S/C6H14.HNO2.H3N/c1-5(2)6(3)4;2-1-3;/h5-6H,1-4H3;(H,2,3);1H3. The first-order valence-corrected chi connectivity index (χ1v) is 3.03. The van der Waals surface area contributed by atoms with Gasteiger partial charge in [0, 0.05) is 0 Å². The highest BCUT2D eigenvalue weighted by molar-refractivity contribution is 4.46. The lowest BCUT2D eigenvalue weighted by atomic mass is 10.0. The summed E-state index contributed by atoms with van der Waals surface area (Å²) in [6.07, 6.45) is 0. The normalized spacial score (nSPS) is 7.80. The quantitative estimate of drug-likeness (QED) is 0.445. The Morgan fingerprint density at radius 2 is 1.20 bits per heavy atom. The minimum Gasteiger partial charge on any atom is -0.379 e. The zero-order chi connectivity index (χ0) is 7.86. The molecule has 0 aromatic carbocycles. The Hall–Kier alpha value is -0.640. The first-order valence-electron chi connectivity index (χ1n) is 3.03. The van der Waals surface area contributed by atoms with E-state index in [1.165, 1.54) is 5.34 Å². The fourth-order valence-corrected chi connectivity index (χ4v) is 0. The Morgan fingerprint density at radius 3 is 1.20 bits per heavy atom. The van der Waals surface area contributed by atoms with Crippen LogP contribution < -0.4 is 6.15 Å². The molecule has 10 heavy (non-hydrogen) atoms. The third-order valence-corrected chi connectivity index (χ3v) is 1.33. The fourth-order valence-electron chi connectivity index (χ4n) is 0. The first kappa shape index (κ1) is 16.2. The molecule has 0 aliphatic heterocycles. The molecule has 0 aromatic heterocycles. The molecule has 0 fully saturated rings. The summed E-state index contributed by atoms with van der Waals surface area (Å²) < 4.78 is 0. The van der Waals surface area contributed by atoms with Crippen LogP contribution in [0.4, 0.5) is 0 Å². The van der Waals surface area contributed by atoms with Crippen LogP contribution in [0.25, 0.3) is 0 Å². The molecule has 0 bridgehead atoms. The van der Waals surface area contributed by atoms with Gasteiger partial charge < -0.3 is 11.4 Å². The molecule has 4 nitrogen and oxygen atoms in total. The van der Waals surface area contributed by atoms with Gasteiger partial charge in [-0.25, -0.2) is 0 Å². The summed E-state index contributed by atoms with van der Waals surface area (Å²) in [5.74, 6) is 1.70. The molecule has 0 amide bonds. The van der Waals surface area contributed by atoms with Crippen molar-refractivity contribution >= 4 is 0 Å². The molecule has 0 aliphatic rings.